The molecule has 2 N–H and O–H groups in total. The van der Waals surface area contributed by atoms with Gasteiger partial charge in [0, 0.05) is 19.6 Å². The zero-order valence-corrected chi connectivity index (χ0v) is 20.5. The summed E-state index contributed by atoms with van der Waals surface area (Å²) in [7, 11) is 4.20. The number of guanidine groups is 1. The number of piperidine rings is 1. The Hall–Kier alpha value is -0.860. The highest BCUT2D eigenvalue weighted by atomic mass is 127. The summed E-state index contributed by atoms with van der Waals surface area (Å²) in [5.41, 5.74) is 2.59. The van der Waals surface area contributed by atoms with Crippen LogP contribution in [0.25, 0.3) is 0 Å². The summed E-state index contributed by atoms with van der Waals surface area (Å²) in [6.45, 7) is 11.7. The van der Waals surface area contributed by atoms with Gasteiger partial charge in [0.2, 0.25) is 0 Å². The first-order chi connectivity index (χ1) is 13.1. The molecule has 1 saturated heterocycles. The van der Waals surface area contributed by atoms with E-state index in [4.69, 9.17) is 4.99 Å². The molecule has 0 atom stereocenters. The van der Waals surface area contributed by atoms with E-state index < -0.39 is 0 Å². The molecule has 0 radical (unpaired) electrons. The number of nitrogens with one attached hydrogen (secondary N) is 2. The average molecular weight is 502 g/mol. The molecule has 6 heteroatoms. The molecule has 0 unspecified atom stereocenters. The van der Waals surface area contributed by atoms with Gasteiger partial charge in [0.1, 0.15) is 0 Å². The Morgan fingerprint density at radius 2 is 1.89 bits per heavy atom. The van der Waals surface area contributed by atoms with Crippen LogP contribution >= 0.6 is 24.0 Å². The van der Waals surface area contributed by atoms with Gasteiger partial charge >= 0.3 is 0 Å². The van der Waals surface area contributed by atoms with Crippen molar-refractivity contribution in [2.45, 2.75) is 46.2 Å². The lowest BCUT2D eigenvalue weighted by Crippen LogP contribution is -2.39. The Kier molecular flexibility index (Phi) is 12.7. The highest BCUT2D eigenvalue weighted by Gasteiger charge is 2.14. The van der Waals surface area contributed by atoms with E-state index in [1.807, 2.05) is 0 Å². The number of aliphatic imine (C=N–C) groups is 1. The predicted molar refractivity (Wildman–Crippen MR) is 132 cm³/mol. The number of halogens is 1. The van der Waals surface area contributed by atoms with Crippen molar-refractivity contribution >= 4 is 29.9 Å². The van der Waals surface area contributed by atoms with E-state index in [1.54, 1.807) is 0 Å². The molecule has 28 heavy (non-hydrogen) atoms. The number of benzene rings is 1. The summed E-state index contributed by atoms with van der Waals surface area (Å²) in [6, 6.07) is 8.72. The van der Waals surface area contributed by atoms with Gasteiger partial charge in [-0.3, -0.25) is 0 Å². The van der Waals surface area contributed by atoms with E-state index in [-0.39, 0.29) is 24.0 Å². The van der Waals surface area contributed by atoms with Gasteiger partial charge in [-0.1, -0.05) is 31.2 Å². The molecule has 1 aromatic carbocycles. The Morgan fingerprint density at radius 1 is 1.18 bits per heavy atom. The second-order valence-electron chi connectivity index (χ2n) is 8.06. The van der Waals surface area contributed by atoms with Crippen molar-refractivity contribution in [1.82, 2.24) is 20.4 Å². The number of hydrogen-bond donors (Lipinski definition) is 2. The van der Waals surface area contributed by atoms with Crippen molar-refractivity contribution in [1.29, 1.82) is 0 Å². The van der Waals surface area contributed by atoms with Crippen molar-refractivity contribution in [3.63, 3.8) is 0 Å². The minimum atomic E-state index is 0. The zero-order chi connectivity index (χ0) is 19.5. The lowest BCUT2D eigenvalue weighted by Gasteiger charge is -2.30. The van der Waals surface area contributed by atoms with E-state index >= 15 is 0 Å². The fourth-order valence-corrected chi connectivity index (χ4v) is 3.50. The molecular formula is C22H40IN5. The van der Waals surface area contributed by atoms with Crippen LogP contribution in [0.15, 0.2) is 29.3 Å². The van der Waals surface area contributed by atoms with Crippen molar-refractivity contribution in [3.05, 3.63) is 35.4 Å². The fraction of sp³-hybridized carbons (Fsp3) is 0.682. The van der Waals surface area contributed by atoms with Gasteiger partial charge in [0.05, 0.1) is 6.54 Å². The van der Waals surface area contributed by atoms with Crippen LogP contribution in [0.2, 0.25) is 0 Å². The van der Waals surface area contributed by atoms with Crippen LogP contribution in [0.3, 0.4) is 0 Å². The second-order valence-corrected chi connectivity index (χ2v) is 8.06. The van der Waals surface area contributed by atoms with Crippen LogP contribution in [0.5, 0.6) is 0 Å². The van der Waals surface area contributed by atoms with Crippen LogP contribution in [0.1, 0.15) is 44.2 Å². The van der Waals surface area contributed by atoms with E-state index in [1.165, 1.54) is 43.6 Å². The monoisotopic (exact) mass is 501 g/mol. The average Bonchev–Trinajstić information content (AvgIpc) is 2.64. The van der Waals surface area contributed by atoms with Crippen LogP contribution < -0.4 is 10.6 Å². The minimum absolute atomic E-state index is 0. The van der Waals surface area contributed by atoms with Gasteiger partial charge in [0.15, 0.2) is 5.96 Å². The van der Waals surface area contributed by atoms with Gasteiger partial charge < -0.3 is 20.4 Å². The Bertz CT molecular complexity index is 568. The van der Waals surface area contributed by atoms with E-state index in [0.717, 1.165) is 37.9 Å². The number of nitrogens with zero attached hydrogens (tertiary/aromatic N) is 3. The van der Waals surface area contributed by atoms with Gasteiger partial charge in [0.25, 0.3) is 0 Å². The molecule has 160 valence electrons. The van der Waals surface area contributed by atoms with Crippen LogP contribution in [0, 0.1) is 5.92 Å². The third-order valence-corrected chi connectivity index (χ3v) is 5.07. The first kappa shape index (κ1) is 25.2. The lowest BCUT2D eigenvalue weighted by atomic mass is 9.99. The summed E-state index contributed by atoms with van der Waals surface area (Å²) in [4.78, 5) is 9.56. The van der Waals surface area contributed by atoms with Crippen LogP contribution in [0.4, 0.5) is 0 Å². The molecule has 1 heterocycles. The number of hydrogen-bond acceptors (Lipinski definition) is 3. The summed E-state index contributed by atoms with van der Waals surface area (Å²) >= 11 is 0. The maximum absolute atomic E-state index is 4.77. The summed E-state index contributed by atoms with van der Waals surface area (Å²) in [5.74, 6) is 1.82. The molecule has 0 amide bonds. The van der Waals surface area contributed by atoms with E-state index in [9.17, 15) is 0 Å². The van der Waals surface area contributed by atoms with Crippen LogP contribution in [-0.4, -0.2) is 62.6 Å². The third-order valence-electron chi connectivity index (χ3n) is 5.07. The maximum atomic E-state index is 4.77. The van der Waals surface area contributed by atoms with Crippen LogP contribution in [-0.2, 0) is 13.1 Å². The molecule has 1 aromatic rings. The Morgan fingerprint density at radius 3 is 2.57 bits per heavy atom. The first-order valence-corrected chi connectivity index (χ1v) is 10.5. The quantitative estimate of drug-likeness (QED) is 0.235. The van der Waals surface area contributed by atoms with E-state index in [2.05, 4.69) is 72.6 Å². The van der Waals surface area contributed by atoms with Gasteiger partial charge in [-0.2, -0.15) is 0 Å². The lowest BCUT2D eigenvalue weighted by molar-refractivity contribution is 0.191. The molecule has 0 bridgehead atoms. The van der Waals surface area contributed by atoms with Crippen molar-refractivity contribution < 1.29 is 0 Å². The van der Waals surface area contributed by atoms with E-state index in [0.29, 0.717) is 6.54 Å². The molecule has 0 spiro atoms. The topological polar surface area (TPSA) is 42.9 Å². The molecule has 1 aliphatic rings. The molecular weight excluding hydrogens is 461 g/mol. The number of rotatable bonds is 9. The second kappa shape index (κ2) is 14.2. The predicted octanol–water partition coefficient (Wildman–Crippen LogP) is 3.54. The SMILES string of the molecule is CCNC(=NCc1cccc(CN(C)C)c1)NCCCN1CCC(C)CC1.I. The Balaban J connectivity index is 0.00000392. The molecule has 0 aliphatic carbocycles. The van der Waals surface area contributed by atoms with Crippen molar-refractivity contribution in [3.8, 4) is 0 Å². The standard InChI is InChI=1S/C22H39N5.HI/c1-5-23-22(24-12-7-13-27-14-10-19(2)11-15-27)25-17-20-8-6-9-21(16-20)18-26(3)4;/h6,8-9,16,19H,5,7,10-15,17-18H2,1-4H3,(H2,23,24,25);1H. The number of likely N-dealkylation sites (tertiary alicyclic amines) is 1. The summed E-state index contributed by atoms with van der Waals surface area (Å²) < 4.78 is 0. The summed E-state index contributed by atoms with van der Waals surface area (Å²) in [5, 5.41) is 6.85. The van der Waals surface area contributed by atoms with Gasteiger partial charge in [-0.15, -0.1) is 24.0 Å². The van der Waals surface area contributed by atoms with Gasteiger partial charge in [-0.25, -0.2) is 4.99 Å². The maximum Gasteiger partial charge on any atom is 0.191 e. The smallest absolute Gasteiger partial charge is 0.191 e. The fourth-order valence-electron chi connectivity index (χ4n) is 3.50. The normalized spacial score (nSPS) is 16.1. The first-order valence-electron chi connectivity index (χ1n) is 10.5. The molecule has 1 fully saturated rings. The minimum Gasteiger partial charge on any atom is -0.357 e. The molecule has 0 saturated carbocycles. The third kappa shape index (κ3) is 10.1. The Labute approximate surface area is 189 Å². The molecule has 1 aliphatic heterocycles. The summed E-state index contributed by atoms with van der Waals surface area (Å²) in [6.07, 6.45) is 3.87. The molecule has 5 nitrogen and oxygen atoms in total. The largest absolute Gasteiger partial charge is 0.357 e. The van der Waals surface area contributed by atoms with Crippen molar-refractivity contribution in [2.75, 3.05) is 46.8 Å². The highest BCUT2D eigenvalue weighted by molar-refractivity contribution is 14.0. The molecule has 2 rings (SSSR count). The zero-order valence-electron chi connectivity index (χ0n) is 18.2. The van der Waals surface area contributed by atoms with Gasteiger partial charge in [-0.05, 0) is 77.0 Å². The van der Waals surface area contributed by atoms with Crippen molar-refractivity contribution in [2.24, 2.45) is 10.9 Å². The highest BCUT2D eigenvalue weighted by Crippen LogP contribution is 2.15. The molecule has 0 aromatic heterocycles.